The van der Waals surface area contributed by atoms with Crippen LogP contribution in [0.3, 0.4) is 0 Å². The molecule has 0 saturated carbocycles. The van der Waals surface area contributed by atoms with Crippen LogP contribution in [0.15, 0.2) is 60.7 Å². The van der Waals surface area contributed by atoms with E-state index in [1.807, 2.05) is 24.3 Å². The van der Waals surface area contributed by atoms with E-state index in [0.29, 0.717) is 36.1 Å². The van der Waals surface area contributed by atoms with Gasteiger partial charge in [0, 0.05) is 50.6 Å². The van der Waals surface area contributed by atoms with Crippen LogP contribution in [0.2, 0.25) is 0 Å². The van der Waals surface area contributed by atoms with E-state index in [0.717, 1.165) is 50.2 Å². The summed E-state index contributed by atoms with van der Waals surface area (Å²) < 4.78 is 64.9. The molecule has 4 N–H and O–H groups in total. The number of carbonyl (C=O) groups excluding carboxylic acids is 2. The van der Waals surface area contributed by atoms with E-state index in [2.05, 4.69) is 32.5 Å². The molecule has 3 aromatic rings. The molecule has 1 aliphatic rings. The third-order valence-electron chi connectivity index (χ3n) is 7.91. The summed E-state index contributed by atoms with van der Waals surface area (Å²) in [6, 6.07) is 15.4. The quantitative estimate of drug-likeness (QED) is 0.136. The minimum absolute atomic E-state index is 0. The molecule has 3 amide bonds. The summed E-state index contributed by atoms with van der Waals surface area (Å²) in [5.41, 5.74) is 0.885. The Morgan fingerprint density at radius 3 is 2.31 bits per heavy atom. The standard InChI is InChI=1S/C34H43F2N5O6S.ClH/c1-4-5-6-26-19-25(38-34(43)39-32-20-29(30(35)21-31(32)36)33(42)37-16-18-46-2)15-17-41(26)22-23-7-11-27(12-8-23)47-28-13-9-24(10-14-28)40-48(3,44)45;/h7-14,20-21,25-26,40H,4-6,15-19,22H2,1-3H3,(H,37,42)(H2,38,39,43);1H. The van der Waals surface area contributed by atoms with Crippen molar-refractivity contribution in [1.29, 1.82) is 0 Å². The number of hydrogen-bond acceptors (Lipinski definition) is 7. The Morgan fingerprint density at radius 2 is 1.67 bits per heavy atom. The molecule has 0 bridgehead atoms. The molecule has 1 heterocycles. The van der Waals surface area contributed by atoms with E-state index >= 15 is 0 Å². The number of hydrogen-bond donors (Lipinski definition) is 4. The molecular formula is C34H44ClF2N5O6S. The van der Waals surface area contributed by atoms with Crippen molar-refractivity contribution >= 4 is 45.7 Å². The van der Waals surface area contributed by atoms with Crippen LogP contribution in [0.1, 0.15) is 54.9 Å². The van der Waals surface area contributed by atoms with Crippen molar-refractivity contribution in [1.82, 2.24) is 15.5 Å². The first-order valence-electron chi connectivity index (χ1n) is 15.9. The molecule has 11 nitrogen and oxygen atoms in total. The molecule has 0 aliphatic carbocycles. The normalized spacial score (nSPS) is 16.3. The van der Waals surface area contributed by atoms with Gasteiger partial charge in [-0.15, -0.1) is 12.4 Å². The highest BCUT2D eigenvalue weighted by atomic mass is 35.5. The van der Waals surface area contributed by atoms with Gasteiger partial charge in [0.1, 0.15) is 23.1 Å². The Morgan fingerprint density at radius 1 is 1.00 bits per heavy atom. The first kappa shape index (κ1) is 39.5. The molecule has 3 aromatic carbocycles. The summed E-state index contributed by atoms with van der Waals surface area (Å²) in [5, 5.41) is 7.86. The van der Waals surface area contributed by atoms with Crippen molar-refractivity contribution in [3.05, 3.63) is 83.4 Å². The lowest BCUT2D eigenvalue weighted by molar-refractivity contribution is 0.0933. The Balaban J connectivity index is 0.00000650. The van der Waals surface area contributed by atoms with Gasteiger partial charge in [0.05, 0.1) is 24.1 Å². The van der Waals surface area contributed by atoms with Gasteiger partial charge in [-0.25, -0.2) is 22.0 Å². The second kappa shape index (κ2) is 18.7. The van der Waals surface area contributed by atoms with Gasteiger partial charge in [-0.2, -0.15) is 0 Å². The van der Waals surface area contributed by atoms with Crippen LogP contribution < -0.4 is 25.4 Å². The molecule has 1 aliphatic heterocycles. The van der Waals surface area contributed by atoms with Crippen molar-refractivity contribution in [3.63, 3.8) is 0 Å². The van der Waals surface area contributed by atoms with Gasteiger partial charge in [-0.3, -0.25) is 14.4 Å². The largest absolute Gasteiger partial charge is 0.457 e. The number of nitrogens with one attached hydrogen (secondary N) is 4. The Bertz CT molecular complexity index is 1650. The predicted octanol–water partition coefficient (Wildman–Crippen LogP) is 6.27. The zero-order valence-corrected chi connectivity index (χ0v) is 29.4. The van der Waals surface area contributed by atoms with Crippen LogP contribution in [-0.4, -0.2) is 70.4 Å². The van der Waals surface area contributed by atoms with Crippen LogP contribution in [0.5, 0.6) is 11.5 Å². The number of piperidine rings is 1. The van der Waals surface area contributed by atoms with E-state index in [1.54, 1.807) is 24.3 Å². The number of benzene rings is 3. The number of urea groups is 1. The Hall–Kier alpha value is -3.98. The highest BCUT2D eigenvalue weighted by Crippen LogP contribution is 2.27. The lowest BCUT2D eigenvalue weighted by Gasteiger charge is -2.40. The number of nitrogens with zero attached hydrogens (tertiary/aromatic N) is 1. The predicted molar refractivity (Wildman–Crippen MR) is 188 cm³/mol. The summed E-state index contributed by atoms with van der Waals surface area (Å²) in [7, 11) is -1.89. The number of anilines is 2. The third kappa shape index (κ3) is 12.4. The van der Waals surface area contributed by atoms with Crippen LogP contribution >= 0.6 is 12.4 Å². The van der Waals surface area contributed by atoms with Crippen molar-refractivity contribution in [3.8, 4) is 11.5 Å². The first-order valence-corrected chi connectivity index (χ1v) is 17.8. The van der Waals surface area contributed by atoms with Gasteiger partial charge < -0.3 is 25.4 Å². The van der Waals surface area contributed by atoms with E-state index in [1.165, 1.54) is 7.11 Å². The summed E-state index contributed by atoms with van der Waals surface area (Å²) in [6.45, 7) is 3.97. The van der Waals surface area contributed by atoms with E-state index in [9.17, 15) is 26.8 Å². The summed E-state index contributed by atoms with van der Waals surface area (Å²) in [5.74, 6) is -1.53. The van der Waals surface area contributed by atoms with Crippen molar-refractivity contribution in [2.24, 2.45) is 0 Å². The summed E-state index contributed by atoms with van der Waals surface area (Å²) >= 11 is 0. The van der Waals surface area contributed by atoms with Crippen LogP contribution in [0.4, 0.5) is 25.0 Å². The maximum absolute atomic E-state index is 14.5. The number of unbranched alkanes of at least 4 members (excludes halogenated alkanes) is 1. The second-order valence-corrected chi connectivity index (χ2v) is 13.5. The van der Waals surface area contributed by atoms with E-state index in [-0.39, 0.29) is 48.9 Å². The first-order chi connectivity index (χ1) is 22.9. The molecule has 268 valence electrons. The minimum Gasteiger partial charge on any atom is -0.457 e. The van der Waals surface area contributed by atoms with Crippen molar-refractivity contribution in [2.45, 2.75) is 57.7 Å². The molecule has 0 spiro atoms. The third-order valence-corrected chi connectivity index (χ3v) is 8.51. The van der Waals surface area contributed by atoms with E-state index < -0.39 is 33.6 Å². The van der Waals surface area contributed by atoms with E-state index in [4.69, 9.17) is 9.47 Å². The van der Waals surface area contributed by atoms with Crippen molar-refractivity contribution in [2.75, 3.05) is 43.1 Å². The van der Waals surface area contributed by atoms with Gasteiger partial charge in [-0.1, -0.05) is 31.9 Å². The number of rotatable bonds is 15. The second-order valence-electron chi connectivity index (χ2n) is 11.8. The number of methoxy groups -OCH3 is 1. The number of amides is 3. The molecule has 1 saturated heterocycles. The Kier molecular flexibility index (Phi) is 15.1. The highest BCUT2D eigenvalue weighted by Gasteiger charge is 2.29. The SMILES string of the molecule is CCCCC1CC(NC(=O)Nc2cc(C(=O)NCCOC)c(F)cc2F)CCN1Cc1ccc(Oc2ccc(NS(C)(=O)=O)cc2)cc1.Cl. The fourth-order valence-electron chi connectivity index (χ4n) is 5.54. The molecule has 4 rings (SSSR count). The topological polar surface area (TPSA) is 138 Å². The monoisotopic (exact) mass is 723 g/mol. The Labute approximate surface area is 292 Å². The minimum atomic E-state index is -3.36. The zero-order chi connectivity index (χ0) is 34.7. The molecule has 15 heteroatoms. The molecule has 1 fully saturated rings. The van der Waals surface area contributed by atoms with Gasteiger partial charge >= 0.3 is 6.03 Å². The van der Waals surface area contributed by atoms with Crippen LogP contribution in [0, 0.1) is 11.6 Å². The maximum Gasteiger partial charge on any atom is 0.319 e. The maximum atomic E-state index is 14.5. The number of sulfonamides is 1. The smallest absolute Gasteiger partial charge is 0.319 e. The summed E-state index contributed by atoms with van der Waals surface area (Å²) in [4.78, 5) is 27.6. The fraction of sp³-hybridized carbons (Fsp3) is 0.412. The van der Waals surface area contributed by atoms with Gasteiger partial charge in [0.25, 0.3) is 5.91 Å². The molecule has 2 atom stereocenters. The number of likely N-dealkylation sites (tertiary alicyclic amines) is 1. The van der Waals surface area contributed by atoms with Gasteiger partial charge in [0.15, 0.2) is 0 Å². The lowest BCUT2D eigenvalue weighted by atomic mass is 9.93. The van der Waals surface area contributed by atoms with Gasteiger partial charge in [0.2, 0.25) is 10.0 Å². The highest BCUT2D eigenvalue weighted by molar-refractivity contribution is 7.92. The zero-order valence-electron chi connectivity index (χ0n) is 27.8. The fourth-order valence-corrected chi connectivity index (χ4v) is 6.11. The molecule has 0 aromatic heterocycles. The molecule has 49 heavy (non-hydrogen) atoms. The number of halogens is 3. The molecule has 2 unspecified atom stereocenters. The average molecular weight is 724 g/mol. The van der Waals surface area contributed by atoms with Crippen LogP contribution in [0.25, 0.3) is 0 Å². The van der Waals surface area contributed by atoms with Crippen molar-refractivity contribution < 1.29 is 36.3 Å². The van der Waals surface area contributed by atoms with Gasteiger partial charge in [-0.05, 0) is 67.3 Å². The van der Waals surface area contributed by atoms with Crippen LogP contribution in [-0.2, 0) is 21.3 Å². The number of ether oxygens (including phenoxy) is 2. The average Bonchev–Trinajstić information content (AvgIpc) is 3.03. The summed E-state index contributed by atoms with van der Waals surface area (Å²) in [6.07, 6.45) is 5.50. The molecular weight excluding hydrogens is 680 g/mol. The lowest BCUT2D eigenvalue weighted by Crippen LogP contribution is -2.50. The molecule has 0 radical (unpaired) electrons. The number of carbonyl (C=O) groups is 2.